The van der Waals surface area contributed by atoms with E-state index in [1.165, 1.54) is 31.5 Å². The number of alkyl carbamates (subject to hydrolysis) is 1. The van der Waals surface area contributed by atoms with Gasteiger partial charge in [-0.2, -0.15) is 0 Å². The lowest BCUT2D eigenvalue weighted by atomic mass is 10.0. The van der Waals surface area contributed by atoms with Crippen molar-refractivity contribution in [2.45, 2.75) is 56.8 Å². The fourth-order valence-corrected chi connectivity index (χ4v) is 6.27. The molecule has 2 aromatic heterocycles. The van der Waals surface area contributed by atoms with Gasteiger partial charge in [0, 0.05) is 18.7 Å². The van der Waals surface area contributed by atoms with Crippen LogP contribution in [-0.2, 0) is 21.2 Å². The Morgan fingerprint density at radius 3 is 2.41 bits per heavy atom. The molecule has 0 radical (unpaired) electrons. The van der Waals surface area contributed by atoms with E-state index in [2.05, 4.69) is 15.3 Å². The lowest BCUT2D eigenvalue weighted by Gasteiger charge is -2.23. The third kappa shape index (κ3) is 4.89. The van der Waals surface area contributed by atoms with Crippen LogP contribution in [0.2, 0.25) is 0 Å². The Bertz CT molecular complexity index is 1690. The van der Waals surface area contributed by atoms with Gasteiger partial charge in [-0.1, -0.05) is 24.3 Å². The zero-order valence-corrected chi connectivity index (χ0v) is 22.6. The minimum absolute atomic E-state index is 0.0308. The summed E-state index contributed by atoms with van der Waals surface area (Å²) in [5.74, 6) is -0.276. The van der Waals surface area contributed by atoms with Gasteiger partial charge in [0.15, 0.2) is 5.78 Å². The van der Waals surface area contributed by atoms with Crippen LogP contribution in [0.1, 0.15) is 55.4 Å². The van der Waals surface area contributed by atoms with Crippen LogP contribution in [-0.4, -0.2) is 46.0 Å². The molecule has 4 aromatic rings. The first-order chi connectivity index (χ1) is 18.4. The largest absolute Gasteiger partial charge is 0.444 e. The fraction of sp³-hybridized carbons (Fsp3) is 0.286. The Labute approximate surface area is 225 Å². The molecular formula is C28H27FN4O5S. The van der Waals surface area contributed by atoms with Gasteiger partial charge in [-0.3, -0.25) is 9.78 Å². The molecule has 2 aromatic carbocycles. The smallest absolute Gasteiger partial charge is 0.408 e. The Morgan fingerprint density at radius 1 is 1.08 bits per heavy atom. The maximum Gasteiger partial charge on any atom is 0.408 e. The molecule has 39 heavy (non-hydrogen) atoms. The molecular weight excluding hydrogens is 523 g/mol. The first-order valence-electron chi connectivity index (χ1n) is 12.3. The monoisotopic (exact) mass is 550 g/mol. The topological polar surface area (TPSA) is 120 Å². The molecule has 2 atom stereocenters. The van der Waals surface area contributed by atoms with Crippen molar-refractivity contribution in [2.75, 3.05) is 0 Å². The molecule has 1 aliphatic rings. The van der Waals surface area contributed by atoms with Gasteiger partial charge in [-0.05, 0) is 56.2 Å². The number of halogens is 1. The molecule has 0 aliphatic heterocycles. The Hall–Kier alpha value is -4.12. The van der Waals surface area contributed by atoms with Crippen LogP contribution < -0.4 is 5.32 Å². The van der Waals surface area contributed by atoms with E-state index in [9.17, 15) is 18.0 Å². The average Bonchev–Trinajstić information content (AvgIpc) is 3.42. The average molecular weight is 551 g/mol. The molecule has 0 saturated carbocycles. The highest BCUT2D eigenvalue weighted by Gasteiger charge is 2.37. The number of benzene rings is 2. The van der Waals surface area contributed by atoms with Gasteiger partial charge in [-0.15, -0.1) is 0 Å². The Morgan fingerprint density at radius 2 is 1.79 bits per heavy atom. The number of nitrogens with zero attached hydrogens (tertiary/aromatic N) is 3. The van der Waals surface area contributed by atoms with Crippen molar-refractivity contribution in [1.29, 1.82) is 0 Å². The molecule has 1 aliphatic carbocycles. The predicted molar refractivity (Wildman–Crippen MR) is 143 cm³/mol. The first-order valence-corrected chi connectivity index (χ1v) is 13.8. The summed E-state index contributed by atoms with van der Waals surface area (Å²) in [7, 11) is -4.11. The zero-order valence-electron chi connectivity index (χ0n) is 21.8. The van der Waals surface area contributed by atoms with Gasteiger partial charge >= 0.3 is 6.09 Å². The van der Waals surface area contributed by atoms with Crippen LogP contribution in [0.4, 0.5) is 9.18 Å². The molecule has 0 saturated heterocycles. The highest BCUT2D eigenvalue weighted by molar-refractivity contribution is 7.90. The van der Waals surface area contributed by atoms with Gasteiger partial charge in [0.05, 0.1) is 34.5 Å². The Balaban J connectivity index is 1.69. The normalized spacial score (nSPS) is 17.2. The van der Waals surface area contributed by atoms with E-state index >= 15 is 4.39 Å². The lowest BCUT2D eigenvalue weighted by Crippen LogP contribution is -2.37. The van der Waals surface area contributed by atoms with E-state index in [4.69, 9.17) is 4.74 Å². The number of ketones is 1. The van der Waals surface area contributed by atoms with E-state index in [1.807, 2.05) is 0 Å². The van der Waals surface area contributed by atoms with Crippen LogP contribution in [0.25, 0.3) is 22.3 Å². The van der Waals surface area contributed by atoms with Crippen molar-refractivity contribution in [2.24, 2.45) is 0 Å². The Kier molecular flexibility index (Phi) is 6.50. The van der Waals surface area contributed by atoms with Crippen molar-refractivity contribution < 1.29 is 27.1 Å². The number of hydrogen-bond acceptors (Lipinski definition) is 7. The highest BCUT2D eigenvalue weighted by Crippen LogP contribution is 2.41. The number of hydrogen-bond donors (Lipinski definition) is 1. The summed E-state index contributed by atoms with van der Waals surface area (Å²) < 4.78 is 49.6. The number of carbonyl (C=O) groups excluding carboxylic acids is 2. The maximum absolute atomic E-state index is 15.3. The molecule has 0 spiro atoms. The molecule has 1 N–H and O–H groups in total. The second-order valence-corrected chi connectivity index (χ2v) is 12.2. The molecule has 0 bridgehead atoms. The van der Waals surface area contributed by atoms with Crippen LogP contribution >= 0.6 is 0 Å². The second-order valence-electron chi connectivity index (χ2n) is 10.4. The number of nitrogens with one attached hydrogen (secondary N) is 1. The minimum atomic E-state index is -4.11. The number of aromatic nitrogens is 3. The number of fused-ring (bicyclic) bond motifs is 3. The van der Waals surface area contributed by atoms with Crippen LogP contribution in [0.15, 0.2) is 65.8 Å². The summed E-state index contributed by atoms with van der Waals surface area (Å²) in [6.45, 7) is 6.51. The van der Waals surface area contributed by atoms with E-state index in [-0.39, 0.29) is 34.2 Å². The van der Waals surface area contributed by atoms with E-state index in [1.54, 1.807) is 57.2 Å². The van der Waals surface area contributed by atoms with Gasteiger partial charge in [0.25, 0.3) is 10.0 Å². The third-order valence-corrected chi connectivity index (χ3v) is 8.16. The van der Waals surface area contributed by atoms with E-state index < -0.39 is 33.9 Å². The number of amides is 1. The first kappa shape index (κ1) is 26.5. The molecule has 0 fully saturated rings. The quantitative estimate of drug-likeness (QED) is 0.347. The number of Topliss-reactive ketones (excluding diaryl/α,β-unsaturated/α-hetero) is 1. The maximum atomic E-state index is 15.3. The number of carbonyl (C=O) groups is 2. The fourth-order valence-electron chi connectivity index (χ4n) is 4.74. The summed E-state index contributed by atoms with van der Waals surface area (Å²) >= 11 is 0. The van der Waals surface area contributed by atoms with Gasteiger partial charge in [0.1, 0.15) is 23.2 Å². The molecule has 5 rings (SSSR count). The highest BCUT2D eigenvalue weighted by atomic mass is 32.2. The van der Waals surface area contributed by atoms with Gasteiger partial charge < -0.3 is 10.1 Å². The molecule has 202 valence electrons. The van der Waals surface area contributed by atoms with Crippen molar-refractivity contribution >= 4 is 32.8 Å². The van der Waals surface area contributed by atoms with E-state index in [0.29, 0.717) is 22.0 Å². The summed E-state index contributed by atoms with van der Waals surface area (Å²) in [4.78, 5) is 32.6. The number of rotatable bonds is 5. The molecule has 1 amide bonds. The lowest BCUT2D eigenvalue weighted by molar-refractivity contribution is 0.0479. The van der Waals surface area contributed by atoms with E-state index in [0.717, 1.165) is 3.97 Å². The van der Waals surface area contributed by atoms with Crippen LogP contribution in [0.3, 0.4) is 0 Å². The summed E-state index contributed by atoms with van der Waals surface area (Å²) in [5, 5.41) is 3.13. The van der Waals surface area contributed by atoms with Gasteiger partial charge in [0.2, 0.25) is 0 Å². The summed E-state index contributed by atoms with van der Waals surface area (Å²) in [5.41, 5.74) is 1.28. The number of ether oxygens (including phenoxy) is 1. The third-order valence-electron chi connectivity index (χ3n) is 6.41. The van der Waals surface area contributed by atoms with Crippen molar-refractivity contribution in [3.05, 3.63) is 77.7 Å². The number of alkyl halides is 1. The van der Waals surface area contributed by atoms with Crippen molar-refractivity contribution in [1.82, 2.24) is 19.3 Å². The molecule has 2 heterocycles. The summed E-state index contributed by atoms with van der Waals surface area (Å²) in [6.07, 6.45) is 0.417. The zero-order chi connectivity index (χ0) is 28.1. The van der Waals surface area contributed by atoms with Crippen molar-refractivity contribution in [3.63, 3.8) is 0 Å². The standard InChI is InChI=1S/C28H27FN4O5S/c1-16(34)22-14-31-23(15-30-22)25-13-20-19-12-21(29)26(32-27(35)38-28(2,3)4)18(19)10-11-24(20)33(25)39(36,37)17-8-6-5-7-9-17/h5-11,13-15,21,26H,12H2,1-4H3,(H,32,35)/t21-,26+/m1/s1. The second kappa shape index (κ2) is 9.57. The van der Waals surface area contributed by atoms with Gasteiger partial charge in [-0.25, -0.2) is 26.6 Å². The molecule has 9 nitrogen and oxygen atoms in total. The van der Waals surface area contributed by atoms with Crippen LogP contribution in [0, 0.1) is 0 Å². The predicted octanol–water partition coefficient (Wildman–Crippen LogP) is 5.00. The minimum Gasteiger partial charge on any atom is -0.444 e. The molecule has 0 unspecified atom stereocenters. The SMILES string of the molecule is CC(=O)c1cnc(-c2cc3c4c(ccc3n2S(=O)(=O)c2ccccc2)[C@H](NC(=O)OC(C)(C)C)[C@H](F)C4)cn1. The molecule has 11 heteroatoms. The summed E-state index contributed by atoms with van der Waals surface area (Å²) in [6, 6.07) is 11.8. The van der Waals surface area contributed by atoms with Crippen LogP contribution in [0.5, 0.6) is 0 Å². The van der Waals surface area contributed by atoms with Crippen molar-refractivity contribution in [3.8, 4) is 11.4 Å².